The zero-order valence-electron chi connectivity index (χ0n) is 12.9. The third kappa shape index (κ3) is 3.11. The molecule has 1 aromatic carbocycles. The van der Waals surface area contributed by atoms with Gasteiger partial charge in [-0.2, -0.15) is 0 Å². The fourth-order valence-corrected chi connectivity index (χ4v) is 3.16. The minimum atomic E-state index is 0.0608. The van der Waals surface area contributed by atoms with Gasteiger partial charge in [-0.05, 0) is 42.5 Å². The van der Waals surface area contributed by atoms with E-state index in [0.717, 1.165) is 18.7 Å². The van der Waals surface area contributed by atoms with Gasteiger partial charge < -0.3 is 11.1 Å². The van der Waals surface area contributed by atoms with Crippen molar-refractivity contribution in [3.63, 3.8) is 0 Å². The van der Waals surface area contributed by atoms with Crippen molar-refractivity contribution in [1.29, 1.82) is 0 Å². The summed E-state index contributed by atoms with van der Waals surface area (Å²) in [6, 6.07) is 14.4. The number of rotatable bonds is 3. The summed E-state index contributed by atoms with van der Waals surface area (Å²) in [6.45, 7) is 2.97. The Labute approximate surface area is 131 Å². The molecule has 2 aromatic rings. The van der Waals surface area contributed by atoms with Crippen molar-refractivity contribution in [3.05, 3.63) is 59.8 Å². The lowest BCUT2D eigenvalue weighted by atomic mass is 9.71. The van der Waals surface area contributed by atoms with Crippen LogP contribution >= 0.6 is 0 Å². The van der Waals surface area contributed by atoms with Gasteiger partial charge >= 0.3 is 0 Å². The Kier molecular flexibility index (Phi) is 4.09. The summed E-state index contributed by atoms with van der Waals surface area (Å²) >= 11 is 0. The summed E-state index contributed by atoms with van der Waals surface area (Å²) in [4.78, 5) is 8.75. The predicted molar refractivity (Wildman–Crippen MR) is 91.1 cm³/mol. The molecule has 4 heteroatoms. The third-order valence-electron chi connectivity index (χ3n) is 4.36. The summed E-state index contributed by atoms with van der Waals surface area (Å²) in [6.07, 6.45) is 5.24. The SMILES string of the molecule is CC1(CN=C(N)Nc2ccccn2)CCCc2ccccc21. The van der Waals surface area contributed by atoms with Crippen LogP contribution in [0.2, 0.25) is 0 Å². The number of benzene rings is 1. The molecule has 0 saturated heterocycles. The molecule has 22 heavy (non-hydrogen) atoms. The molecule has 1 aromatic heterocycles. The Bertz CT molecular complexity index is 666. The number of pyridine rings is 1. The second-order valence-electron chi connectivity index (χ2n) is 6.11. The maximum Gasteiger partial charge on any atom is 0.194 e. The number of nitrogens with zero attached hydrogens (tertiary/aromatic N) is 2. The lowest BCUT2D eigenvalue weighted by molar-refractivity contribution is 0.405. The maximum absolute atomic E-state index is 6.00. The standard InChI is InChI=1S/C18H22N4/c1-18(11-6-8-14-7-2-3-9-15(14)18)13-21-17(19)22-16-10-4-5-12-20-16/h2-5,7,9-10,12H,6,8,11,13H2,1H3,(H3,19,20,21,22). The number of fused-ring (bicyclic) bond motifs is 1. The summed E-state index contributed by atoms with van der Waals surface area (Å²) in [7, 11) is 0. The van der Waals surface area contributed by atoms with Crippen LogP contribution in [0.5, 0.6) is 0 Å². The Morgan fingerprint density at radius 3 is 2.91 bits per heavy atom. The minimum absolute atomic E-state index is 0.0608. The van der Waals surface area contributed by atoms with Crippen LogP contribution in [0.15, 0.2) is 53.7 Å². The number of aliphatic imine (C=N–C) groups is 1. The van der Waals surface area contributed by atoms with Gasteiger partial charge in [0.25, 0.3) is 0 Å². The molecule has 1 atom stereocenters. The van der Waals surface area contributed by atoms with E-state index in [2.05, 4.69) is 46.5 Å². The largest absolute Gasteiger partial charge is 0.370 e. The molecule has 0 amide bonds. The van der Waals surface area contributed by atoms with Crippen molar-refractivity contribution in [2.24, 2.45) is 10.7 Å². The van der Waals surface area contributed by atoms with Crippen LogP contribution in [0.25, 0.3) is 0 Å². The van der Waals surface area contributed by atoms with E-state index >= 15 is 0 Å². The lowest BCUT2D eigenvalue weighted by Crippen LogP contribution is -2.33. The number of nitrogens with two attached hydrogens (primary N) is 1. The minimum Gasteiger partial charge on any atom is -0.370 e. The highest BCUT2D eigenvalue weighted by Gasteiger charge is 2.31. The molecule has 4 nitrogen and oxygen atoms in total. The van der Waals surface area contributed by atoms with Crippen LogP contribution in [0.1, 0.15) is 30.9 Å². The van der Waals surface area contributed by atoms with E-state index in [4.69, 9.17) is 5.73 Å². The Morgan fingerprint density at radius 2 is 2.09 bits per heavy atom. The van der Waals surface area contributed by atoms with Gasteiger partial charge in [-0.15, -0.1) is 0 Å². The van der Waals surface area contributed by atoms with E-state index in [0.29, 0.717) is 12.5 Å². The molecule has 0 bridgehead atoms. The topological polar surface area (TPSA) is 63.3 Å². The highest BCUT2D eigenvalue weighted by Crippen LogP contribution is 2.37. The van der Waals surface area contributed by atoms with E-state index in [1.54, 1.807) is 6.20 Å². The van der Waals surface area contributed by atoms with Crippen molar-refractivity contribution >= 4 is 11.8 Å². The first-order valence-electron chi connectivity index (χ1n) is 7.74. The molecule has 1 heterocycles. The highest BCUT2D eigenvalue weighted by molar-refractivity contribution is 5.91. The van der Waals surface area contributed by atoms with Crippen LogP contribution in [0.4, 0.5) is 5.82 Å². The van der Waals surface area contributed by atoms with Gasteiger partial charge in [-0.25, -0.2) is 4.98 Å². The monoisotopic (exact) mass is 294 g/mol. The van der Waals surface area contributed by atoms with Crippen molar-refractivity contribution in [3.8, 4) is 0 Å². The molecule has 0 radical (unpaired) electrons. The summed E-state index contributed by atoms with van der Waals surface area (Å²) < 4.78 is 0. The van der Waals surface area contributed by atoms with E-state index in [1.807, 2.05) is 18.2 Å². The summed E-state index contributed by atoms with van der Waals surface area (Å²) in [5, 5.41) is 3.04. The molecule has 3 N–H and O–H groups in total. The molecule has 3 rings (SSSR count). The first kappa shape index (κ1) is 14.6. The smallest absolute Gasteiger partial charge is 0.194 e. The van der Waals surface area contributed by atoms with Crippen LogP contribution in [0, 0.1) is 0 Å². The Morgan fingerprint density at radius 1 is 1.27 bits per heavy atom. The zero-order chi connectivity index (χ0) is 15.4. The Balaban J connectivity index is 1.74. The van der Waals surface area contributed by atoms with Crippen molar-refractivity contribution in [1.82, 2.24) is 4.98 Å². The van der Waals surface area contributed by atoms with Gasteiger partial charge in [-0.1, -0.05) is 37.3 Å². The van der Waals surface area contributed by atoms with Crippen molar-refractivity contribution in [2.45, 2.75) is 31.6 Å². The molecular weight excluding hydrogens is 272 g/mol. The zero-order valence-corrected chi connectivity index (χ0v) is 12.9. The molecule has 114 valence electrons. The third-order valence-corrected chi connectivity index (χ3v) is 4.36. The quantitative estimate of drug-likeness (QED) is 0.675. The highest BCUT2D eigenvalue weighted by atomic mass is 15.1. The lowest BCUT2D eigenvalue weighted by Gasteiger charge is -2.34. The van der Waals surface area contributed by atoms with Crippen LogP contribution in [-0.2, 0) is 11.8 Å². The van der Waals surface area contributed by atoms with Crippen LogP contribution in [0.3, 0.4) is 0 Å². The van der Waals surface area contributed by atoms with E-state index in [9.17, 15) is 0 Å². The Hall–Kier alpha value is -2.36. The normalized spacial score (nSPS) is 21.2. The number of aromatic nitrogens is 1. The average Bonchev–Trinajstić information content (AvgIpc) is 2.55. The summed E-state index contributed by atoms with van der Waals surface area (Å²) in [5.41, 5.74) is 8.92. The second-order valence-corrected chi connectivity index (χ2v) is 6.11. The molecule has 0 spiro atoms. The number of nitrogens with one attached hydrogen (secondary N) is 1. The van der Waals surface area contributed by atoms with Crippen LogP contribution < -0.4 is 11.1 Å². The van der Waals surface area contributed by atoms with Gasteiger partial charge in [0.05, 0.1) is 6.54 Å². The maximum atomic E-state index is 6.00. The first-order chi connectivity index (χ1) is 10.7. The fraction of sp³-hybridized carbons (Fsp3) is 0.333. The molecule has 0 saturated carbocycles. The second kappa shape index (κ2) is 6.18. The van der Waals surface area contributed by atoms with Gasteiger partial charge in [-0.3, -0.25) is 4.99 Å². The van der Waals surface area contributed by atoms with Gasteiger partial charge in [0.15, 0.2) is 5.96 Å². The fourth-order valence-electron chi connectivity index (χ4n) is 3.16. The first-order valence-corrected chi connectivity index (χ1v) is 7.74. The van der Waals surface area contributed by atoms with Gasteiger partial charge in [0, 0.05) is 11.6 Å². The average molecular weight is 294 g/mol. The molecular formula is C18H22N4. The number of anilines is 1. The van der Waals surface area contributed by atoms with E-state index in [1.165, 1.54) is 17.5 Å². The molecule has 0 aliphatic heterocycles. The van der Waals surface area contributed by atoms with Crippen LogP contribution in [-0.4, -0.2) is 17.5 Å². The van der Waals surface area contributed by atoms with E-state index in [-0.39, 0.29) is 5.41 Å². The van der Waals surface area contributed by atoms with E-state index < -0.39 is 0 Å². The van der Waals surface area contributed by atoms with Crippen molar-refractivity contribution in [2.75, 3.05) is 11.9 Å². The number of aryl methyl sites for hydroxylation is 1. The molecule has 1 aliphatic carbocycles. The molecule has 1 aliphatic rings. The van der Waals surface area contributed by atoms with Crippen molar-refractivity contribution < 1.29 is 0 Å². The number of hydrogen-bond donors (Lipinski definition) is 2. The number of guanidine groups is 1. The predicted octanol–water partition coefficient (Wildman–Crippen LogP) is 3.10. The van der Waals surface area contributed by atoms with Gasteiger partial charge in [0.2, 0.25) is 0 Å². The summed E-state index contributed by atoms with van der Waals surface area (Å²) in [5.74, 6) is 1.14. The van der Waals surface area contributed by atoms with Gasteiger partial charge in [0.1, 0.15) is 5.82 Å². The number of hydrogen-bond acceptors (Lipinski definition) is 2. The molecule has 1 unspecified atom stereocenters. The molecule has 0 fully saturated rings.